The Morgan fingerprint density at radius 1 is 1.00 bits per heavy atom. The lowest BCUT2D eigenvalue weighted by Crippen LogP contribution is -2.41. The summed E-state index contributed by atoms with van der Waals surface area (Å²) in [6, 6.07) is 15.7. The molecular formula is C21H24N2O6. The van der Waals surface area contributed by atoms with E-state index in [2.05, 4.69) is 0 Å². The van der Waals surface area contributed by atoms with Crippen LogP contribution in [0.2, 0.25) is 0 Å². The van der Waals surface area contributed by atoms with Gasteiger partial charge in [-0.05, 0) is 29.7 Å². The van der Waals surface area contributed by atoms with Gasteiger partial charge in [0.1, 0.15) is 12.2 Å². The molecule has 1 aromatic heterocycles. The normalized spacial score (nSPS) is 15.6. The van der Waals surface area contributed by atoms with Crippen molar-refractivity contribution < 1.29 is 30.0 Å². The zero-order valence-corrected chi connectivity index (χ0v) is 15.6. The van der Waals surface area contributed by atoms with Gasteiger partial charge in [0.2, 0.25) is 0 Å². The minimum Gasteiger partial charge on any atom is -0.437 e. The monoisotopic (exact) mass is 400 g/mol. The zero-order valence-electron chi connectivity index (χ0n) is 15.6. The number of nitrogens with zero attached hydrogens (tertiary/aromatic N) is 1. The third kappa shape index (κ3) is 4.57. The van der Waals surface area contributed by atoms with Crippen molar-refractivity contribution in [1.82, 2.24) is 4.57 Å². The van der Waals surface area contributed by atoms with Gasteiger partial charge in [0, 0.05) is 18.3 Å². The van der Waals surface area contributed by atoms with Crippen molar-refractivity contribution in [1.29, 1.82) is 0 Å². The Hall–Kier alpha value is -2.91. The van der Waals surface area contributed by atoms with Crippen molar-refractivity contribution in [2.24, 2.45) is 0 Å². The highest BCUT2D eigenvalue weighted by atomic mass is 16.6. The highest BCUT2D eigenvalue weighted by molar-refractivity contribution is 5.95. The summed E-state index contributed by atoms with van der Waals surface area (Å²) in [5.74, 6) is -0.685. The second-order valence-corrected chi connectivity index (χ2v) is 6.77. The highest BCUT2D eigenvalue weighted by Crippen LogP contribution is 2.27. The quantitative estimate of drug-likeness (QED) is 0.281. The number of nitrogen functional groups attached to an aromatic ring is 1. The van der Waals surface area contributed by atoms with Crippen LogP contribution in [-0.2, 0) is 4.74 Å². The van der Waals surface area contributed by atoms with Crippen molar-refractivity contribution >= 4 is 22.6 Å². The fourth-order valence-electron chi connectivity index (χ4n) is 3.15. The van der Waals surface area contributed by atoms with Gasteiger partial charge in [0.25, 0.3) is 0 Å². The average Bonchev–Trinajstić information content (AvgIpc) is 3.16. The molecule has 1 heterocycles. The molecule has 3 rings (SSSR count). The number of aliphatic hydroxyl groups is 4. The summed E-state index contributed by atoms with van der Waals surface area (Å²) in [5.41, 5.74) is 7.05. The molecule has 0 fully saturated rings. The number of anilines is 1. The Morgan fingerprint density at radius 3 is 2.41 bits per heavy atom. The van der Waals surface area contributed by atoms with E-state index in [0.29, 0.717) is 0 Å². The van der Waals surface area contributed by atoms with E-state index in [1.807, 2.05) is 30.3 Å². The van der Waals surface area contributed by atoms with Gasteiger partial charge in [-0.2, -0.15) is 0 Å². The number of hydrogen-bond acceptors (Lipinski definition) is 7. The van der Waals surface area contributed by atoms with Crippen molar-refractivity contribution in [3.8, 4) is 0 Å². The van der Waals surface area contributed by atoms with E-state index in [9.17, 15) is 20.1 Å². The number of nitrogens with two attached hydrogens (primary N) is 1. The van der Waals surface area contributed by atoms with E-state index in [4.69, 9.17) is 15.6 Å². The molecule has 2 aromatic carbocycles. The molecule has 0 amide bonds. The molecule has 154 valence electrons. The van der Waals surface area contributed by atoms with Crippen LogP contribution in [0.15, 0.2) is 60.8 Å². The molecule has 0 bridgehead atoms. The summed E-state index contributed by atoms with van der Waals surface area (Å²) in [6.07, 6.45) is -4.08. The Balaban J connectivity index is 1.91. The Labute approximate surface area is 167 Å². The number of carbonyl (C=O) groups excluding carboxylic acids is 1. The zero-order chi connectivity index (χ0) is 21.0. The van der Waals surface area contributed by atoms with Crippen LogP contribution in [0.25, 0.3) is 10.9 Å². The molecule has 8 heteroatoms. The number of aliphatic hydroxyl groups excluding tert-OH is 4. The van der Waals surface area contributed by atoms with Gasteiger partial charge in [0.05, 0.1) is 23.8 Å². The smallest absolute Gasteiger partial charge is 0.342 e. The standard InChI is InChI=1S/C21H24N2O6/c22-15-7-3-2-6-14(15)21(28)29-19(11-17(25)20(27)18(26)12-24)23-10-9-13-5-1-4-8-16(13)23/h1-10,17-20,24-27H,11-12,22H2. The number of ether oxygens (including phenoxy) is 1. The fraction of sp³-hybridized carbons (Fsp3) is 0.286. The number of benzene rings is 2. The van der Waals surface area contributed by atoms with Crippen LogP contribution in [0.3, 0.4) is 0 Å². The molecular weight excluding hydrogens is 376 g/mol. The van der Waals surface area contributed by atoms with E-state index in [1.54, 1.807) is 29.0 Å². The maximum absolute atomic E-state index is 12.7. The second kappa shape index (κ2) is 9.06. The van der Waals surface area contributed by atoms with Crippen LogP contribution < -0.4 is 5.73 Å². The lowest BCUT2D eigenvalue weighted by Gasteiger charge is -2.27. The van der Waals surface area contributed by atoms with E-state index in [1.165, 1.54) is 6.07 Å². The summed E-state index contributed by atoms with van der Waals surface area (Å²) in [4.78, 5) is 12.7. The van der Waals surface area contributed by atoms with Gasteiger partial charge in [-0.15, -0.1) is 0 Å². The molecule has 29 heavy (non-hydrogen) atoms. The van der Waals surface area contributed by atoms with Gasteiger partial charge in [0.15, 0.2) is 6.23 Å². The first-order chi connectivity index (χ1) is 13.9. The molecule has 3 aromatic rings. The molecule has 0 aliphatic carbocycles. The maximum atomic E-state index is 12.7. The van der Waals surface area contributed by atoms with Gasteiger partial charge in [-0.1, -0.05) is 30.3 Å². The molecule has 8 nitrogen and oxygen atoms in total. The minimum absolute atomic E-state index is 0.180. The molecule has 6 N–H and O–H groups in total. The number of carbonyl (C=O) groups is 1. The number of hydrogen-bond donors (Lipinski definition) is 5. The van der Waals surface area contributed by atoms with Crippen LogP contribution in [0.1, 0.15) is 23.0 Å². The molecule has 0 radical (unpaired) electrons. The number of para-hydroxylation sites is 2. The fourth-order valence-corrected chi connectivity index (χ4v) is 3.15. The minimum atomic E-state index is -1.61. The van der Waals surface area contributed by atoms with Gasteiger partial charge >= 0.3 is 5.97 Å². The van der Waals surface area contributed by atoms with E-state index in [-0.39, 0.29) is 17.7 Å². The summed E-state index contributed by atoms with van der Waals surface area (Å²) in [6.45, 7) is -0.713. The van der Waals surface area contributed by atoms with Gasteiger partial charge in [-0.3, -0.25) is 0 Å². The molecule has 0 spiro atoms. The van der Waals surface area contributed by atoms with Crippen molar-refractivity contribution in [2.75, 3.05) is 12.3 Å². The van der Waals surface area contributed by atoms with Gasteiger partial charge < -0.3 is 35.5 Å². The first-order valence-electron chi connectivity index (χ1n) is 9.18. The summed E-state index contributed by atoms with van der Waals surface area (Å²) >= 11 is 0. The van der Waals surface area contributed by atoms with Crippen LogP contribution in [0, 0.1) is 0 Å². The molecule has 4 atom stereocenters. The van der Waals surface area contributed by atoms with Crippen LogP contribution in [0.5, 0.6) is 0 Å². The van der Waals surface area contributed by atoms with Crippen LogP contribution >= 0.6 is 0 Å². The van der Waals surface area contributed by atoms with Crippen molar-refractivity contribution in [2.45, 2.75) is 31.0 Å². The Morgan fingerprint density at radius 2 is 1.69 bits per heavy atom. The summed E-state index contributed by atoms with van der Waals surface area (Å²) < 4.78 is 7.29. The third-order valence-corrected chi connectivity index (χ3v) is 4.78. The second-order valence-electron chi connectivity index (χ2n) is 6.77. The summed E-state index contributed by atoms with van der Waals surface area (Å²) in [5, 5.41) is 39.9. The predicted octanol–water partition coefficient (Wildman–Crippen LogP) is 1.04. The summed E-state index contributed by atoms with van der Waals surface area (Å²) in [7, 11) is 0. The average molecular weight is 400 g/mol. The number of esters is 1. The number of rotatable bonds is 8. The van der Waals surface area contributed by atoms with Crippen LogP contribution in [0.4, 0.5) is 5.69 Å². The van der Waals surface area contributed by atoms with Crippen molar-refractivity contribution in [3.05, 3.63) is 66.4 Å². The van der Waals surface area contributed by atoms with E-state index >= 15 is 0 Å². The maximum Gasteiger partial charge on any atom is 0.342 e. The first-order valence-corrected chi connectivity index (χ1v) is 9.18. The van der Waals surface area contributed by atoms with Crippen LogP contribution in [-0.4, -0.2) is 55.9 Å². The Kier molecular flexibility index (Phi) is 6.50. The van der Waals surface area contributed by atoms with Crippen molar-refractivity contribution in [3.63, 3.8) is 0 Å². The lowest BCUT2D eigenvalue weighted by atomic mass is 10.0. The number of aromatic nitrogens is 1. The van der Waals surface area contributed by atoms with E-state index in [0.717, 1.165) is 10.9 Å². The largest absolute Gasteiger partial charge is 0.437 e. The topological polar surface area (TPSA) is 138 Å². The molecule has 4 unspecified atom stereocenters. The molecule has 0 aliphatic rings. The SMILES string of the molecule is Nc1ccccc1C(=O)OC(CC(O)C(O)C(O)CO)n1ccc2ccccc21. The highest BCUT2D eigenvalue weighted by Gasteiger charge is 2.30. The lowest BCUT2D eigenvalue weighted by molar-refractivity contribution is -0.0960. The van der Waals surface area contributed by atoms with E-state index < -0.39 is 37.1 Å². The first kappa shape index (κ1) is 20.8. The molecule has 0 aliphatic heterocycles. The molecule has 0 saturated carbocycles. The van der Waals surface area contributed by atoms with Gasteiger partial charge in [-0.25, -0.2) is 4.79 Å². The third-order valence-electron chi connectivity index (χ3n) is 4.78. The number of fused-ring (bicyclic) bond motifs is 1. The predicted molar refractivity (Wildman–Crippen MR) is 107 cm³/mol. The Bertz CT molecular complexity index is 972. The molecule has 0 saturated heterocycles.